The van der Waals surface area contributed by atoms with Crippen molar-refractivity contribution in [2.24, 2.45) is 0 Å². The van der Waals surface area contributed by atoms with Gasteiger partial charge in [0.15, 0.2) is 9.84 Å². The first-order chi connectivity index (χ1) is 15.6. The Kier molecular flexibility index (Phi) is 7.43. The first kappa shape index (κ1) is 24.3. The number of hydrogen-bond acceptors (Lipinski definition) is 5. The van der Waals surface area contributed by atoms with E-state index in [4.69, 9.17) is 4.74 Å². The molecule has 0 heterocycles. The van der Waals surface area contributed by atoms with Gasteiger partial charge in [-0.25, -0.2) is 13.2 Å². The van der Waals surface area contributed by atoms with E-state index in [0.29, 0.717) is 30.1 Å². The van der Waals surface area contributed by atoms with Crippen LogP contribution in [0.15, 0.2) is 77.7 Å². The molecule has 0 fully saturated rings. The third-order valence-corrected chi connectivity index (χ3v) is 7.52. The molecule has 33 heavy (non-hydrogen) atoms. The second kappa shape index (κ2) is 10.1. The van der Waals surface area contributed by atoms with Crippen molar-refractivity contribution in [2.75, 3.05) is 12.4 Å². The van der Waals surface area contributed by atoms with Crippen LogP contribution in [-0.4, -0.2) is 37.0 Å². The number of phenols is 1. The van der Waals surface area contributed by atoms with Crippen LogP contribution in [0.5, 0.6) is 11.5 Å². The van der Waals surface area contributed by atoms with E-state index < -0.39 is 21.2 Å². The van der Waals surface area contributed by atoms with Gasteiger partial charge >= 0.3 is 5.97 Å². The van der Waals surface area contributed by atoms with Gasteiger partial charge in [-0.2, -0.15) is 0 Å². The van der Waals surface area contributed by atoms with Crippen molar-refractivity contribution in [3.8, 4) is 11.5 Å². The molecule has 7 heteroatoms. The van der Waals surface area contributed by atoms with Gasteiger partial charge in [0.05, 0.1) is 17.3 Å². The molecule has 3 aromatic rings. The van der Waals surface area contributed by atoms with Gasteiger partial charge in [-0.1, -0.05) is 50.2 Å². The molecule has 0 amide bonds. The van der Waals surface area contributed by atoms with Gasteiger partial charge in [0, 0.05) is 5.41 Å². The number of hydrogen-bond donors (Lipinski definition) is 2. The lowest BCUT2D eigenvalue weighted by atomic mass is 9.77. The maximum Gasteiger partial charge on any atom is 0.339 e. The molecule has 0 radical (unpaired) electrons. The van der Waals surface area contributed by atoms with Crippen molar-refractivity contribution in [3.05, 3.63) is 89.5 Å². The second-order valence-corrected chi connectivity index (χ2v) is 10.5. The Balaban J connectivity index is 1.56. The second-order valence-electron chi connectivity index (χ2n) is 8.37. The van der Waals surface area contributed by atoms with Crippen LogP contribution in [-0.2, 0) is 15.3 Å². The van der Waals surface area contributed by atoms with Crippen LogP contribution in [0.25, 0.3) is 0 Å². The number of benzene rings is 3. The van der Waals surface area contributed by atoms with Crippen molar-refractivity contribution in [1.82, 2.24) is 0 Å². The van der Waals surface area contributed by atoms with Crippen LogP contribution in [0.3, 0.4) is 0 Å². The molecule has 0 aromatic heterocycles. The first-order valence-corrected chi connectivity index (χ1v) is 12.3. The number of carboxylic acid groups (broad SMARTS) is 1. The molecule has 0 unspecified atom stereocenters. The highest BCUT2D eigenvalue weighted by molar-refractivity contribution is 7.91. The van der Waals surface area contributed by atoms with Crippen LogP contribution in [0.4, 0.5) is 0 Å². The minimum absolute atomic E-state index is 0.0818. The van der Waals surface area contributed by atoms with Crippen molar-refractivity contribution in [1.29, 1.82) is 0 Å². The Bertz CT molecular complexity index is 1200. The summed E-state index contributed by atoms with van der Waals surface area (Å²) in [4.78, 5) is 11.7. The minimum atomic E-state index is -3.27. The van der Waals surface area contributed by atoms with Gasteiger partial charge in [-0.3, -0.25) is 0 Å². The molecule has 3 rings (SSSR count). The number of aromatic carboxylic acids is 1. The molecule has 0 aliphatic carbocycles. The van der Waals surface area contributed by atoms with Crippen molar-refractivity contribution in [2.45, 2.75) is 37.0 Å². The number of ether oxygens (including phenoxy) is 1. The van der Waals surface area contributed by atoms with Gasteiger partial charge in [-0.15, -0.1) is 0 Å². The molecule has 0 aliphatic rings. The van der Waals surface area contributed by atoms with E-state index in [9.17, 15) is 23.4 Å². The first-order valence-electron chi connectivity index (χ1n) is 10.7. The average Bonchev–Trinajstić information content (AvgIpc) is 2.79. The Morgan fingerprint density at radius 3 is 2.18 bits per heavy atom. The number of unbranched alkanes of at least 4 members (excludes halogenated alkanes) is 1. The van der Waals surface area contributed by atoms with Crippen LogP contribution in [0, 0.1) is 0 Å². The van der Waals surface area contributed by atoms with E-state index in [1.54, 1.807) is 36.4 Å². The zero-order valence-corrected chi connectivity index (χ0v) is 19.5. The predicted octanol–water partition coefficient (Wildman–Crippen LogP) is 5.05. The normalized spacial score (nSPS) is 11.8. The molecule has 0 atom stereocenters. The molecule has 0 spiro atoms. The minimum Gasteiger partial charge on any atom is -0.507 e. The van der Waals surface area contributed by atoms with Crippen LogP contribution < -0.4 is 4.74 Å². The Hall–Kier alpha value is -3.32. The SMILES string of the molecule is CC(C)(c1ccc(OCCCCS(=O)(=O)c2ccccc2)cc1)c1ccc(O)c(C(=O)O)c1. The molecule has 0 bridgehead atoms. The van der Waals surface area contributed by atoms with Gasteiger partial charge in [-0.05, 0) is 60.4 Å². The largest absolute Gasteiger partial charge is 0.507 e. The quantitative estimate of drug-likeness (QED) is 0.404. The van der Waals surface area contributed by atoms with Crippen molar-refractivity contribution >= 4 is 15.8 Å². The predicted molar refractivity (Wildman–Crippen MR) is 127 cm³/mol. The van der Waals surface area contributed by atoms with Gasteiger partial charge in [0.1, 0.15) is 17.1 Å². The summed E-state index contributed by atoms with van der Waals surface area (Å²) in [7, 11) is -3.27. The molecule has 174 valence electrons. The molecule has 0 aliphatic heterocycles. The molecule has 2 N–H and O–H groups in total. The molecule has 0 saturated carbocycles. The number of sulfone groups is 1. The molecular formula is C26H28O6S. The highest BCUT2D eigenvalue weighted by Gasteiger charge is 2.25. The summed E-state index contributed by atoms with van der Waals surface area (Å²) in [6, 6.07) is 20.6. The van der Waals surface area contributed by atoms with Gasteiger partial charge < -0.3 is 14.9 Å². The van der Waals surface area contributed by atoms with E-state index in [2.05, 4.69) is 0 Å². The van der Waals surface area contributed by atoms with E-state index in [1.165, 1.54) is 12.1 Å². The maximum atomic E-state index is 12.3. The lowest BCUT2D eigenvalue weighted by molar-refractivity contribution is 0.0693. The number of carboxylic acids is 1. The summed E-state index contributed by atoms with van der Waals surface area (Å²) in [6.45, 7) is 4.37. The molecule has 6 nitrogen and oxygen atoms in total. The summed E-state index contributed by atoms with van der Waals surface area (Å²) in [6.07, 6.45) is 1.12. The Labute approximate surface area is 194 Å². The fraction of sp³-hybridized carbons (Fsp3) is 0.269. The number of rotatable bonds is 10. The summed E-state index contributed by atoms with van der Waals surface area (Å²) < 4.78 is 30.4. The highest BCUT2D eigenvalue weighted by Crippen LogP contribution is 2.34. The van der Waals surface area contributed by atoms with E-state index in [1.807, 2.05) is 38.1 Å². The van der Waals surface area contributed by atoms with E-state index in [-0.39, 0.29) is 17.1 Å². The van der Waals surface area contributed by atoms with Gasteiger partial charge in [0.2, 0.25) is 0 Å². The highest BCUT2D eigenvalue weighted by atomic mass is 32.2. The smallest absolute Gasteiger partial charge is 0.339 e. The topological polar surface area (TPSA) is 101 Å². The fourth-order valence-electron chi connectivity index (χ4n) is 3.56. The van der Waals surface area contributed by atoms with E-state index in [0.717, 1.165) is 11.1 Å². The number of carbonyl (C=O) groups is 1. The zero-order chi connectivity index (χ0) is 24.1. The van der Waals surface area contributed by atoms with Crippen molar-refractivity contribution in [3.63, 3.8) is 0 Å². The molecular weight excluding hydrogens is 440 g/mol. The maximum absolute atomic E-state index is 12.3. The Morgan fingerprint density at radius 1 is 0.909 bits per heavy atom. The van der Waals surface area contributed by atoms with Crippen LogP contribution in [0.1, 0.15) is 48.2 Å². The third kappa shape index (κ3) is 5.93. The standard InChI is InChI=1S/C26H28O6S/c1-26(2,20-12-15-24(27)23(18-20)25(28)29)19-10-13-21(14-11-19)32-16-6-7-17-33(30,31)22-8-4-3-5-9-22/h3-5,8-15,18,27H,6-7,16-17H2,1-2H3,(H,28,29). The average molecular weight is 469 g/mol. The molecule has 3 aromatic carbocycles. The fourth-order valence-corrected chi connectivity index (χ4v) is 4.95. The molecule has 0 saturated heterocycles. The number of aromatic hydroxyl groups is 1. The third-order valence-electron chi connectivity index (χ3n) is 5.70. The summed E-state index contributed by atoms with van der Waals surface area (Å²) in [5.41, 5.74) is 1.12. The van der Waals surface area contributed by atoms with Crippen LogP contribution >= 0.6 is 0 Å². The lowest BCUT2D eigenvalue weighted by Gasteiger charge is -2.27. The monoisotopic (exact) mass is 468 g/mol. The summed E-state index contributed by atoms with van der Waals surface area (Å²) >= 11 is 0. The van der Waals surface area contributed by atoms with Gasteiger partial charge in [0.25, 0.3) is 0 Å². The summed E-state index contributed by atoms with van der Waals surface area (Å²) in [5, 5.41) is 19.0. The van der Waals surface area contributed by atoms with E-state index >= 15 is 0 Å². The summed E-state index contributed by atoms with van der Waals surface area (Å²) in [5.74, 6) is -0.677. The van der Waals surface area contributed by atoms with Crippen molar-refractivity contribution < 1.29 is 28.2 Å². The lowest BCUT2D eigenvalue weighted by Crippen LogP contribution is -2.19. The zero-order valence-electron chi connectivity index (χ0n) is 18.7. The Morgan fingerprint density at radius 2 is 1.55 bits per heavy atom. The van der Waals surface area contributed by atoms with Crippen LogP contribution in [0.2, 0.25) is 0 Å².